The molecule has 11 nitrogen and oxygen atoms in total. The first-order valence-corrected chi connectivity index (χ1v) is 20.8. The summed E-state index contributed by atoms with van der Waals surface area (Å²) in [5.41, 5.74) is 1.27. The van der Waals surface area contributed by atoms with Crippen molar-refractivity contribution in [3.05, 3.63) is 147 Å². The molecule has 0 unspecified atom stereocenters. The first kappa shape index (κ1) is 44.7. The molecule has 0 fully saturated rings. The zero-order valence-electron chi connectivity index (χ0n) is 35.7. The van der Waals surface area contributed by atoms with Gasteiger partial charge in [-0.3, -0.25) is 0 Å². The molecular weight excluding hydrogens is 869 g/mol. The monoisotopic (exact) mass is 911 g/mol. The summed E-state index contributed by atoms with van der Waals surface area (Å²) >= 11 is 7.17. The summed E-state index contributed by atoms with van der Waals surface area (Å²) in [6, 6.07) is 26.2. The minimum atomic E-state index is -4.84. The summed E-state index contributed by atoms with van der Waals surface area (Å²) in [6.45, 7) is 2.28. The smallest absolute Gasteiger partial charge is 0.418 e. The summed E-state index contributed by atoms with van der Waals surface area (Å²) < 4.78 is 97.2. The number of rotatable bonds is 15. The first-order valence-electron chi connectivity index (χ1n) is 20.4. The molecule has 0 amide bonds. The van der Waals surface area contributed by atoms with Crippen LogP contribution in [0.4, 0.5) is 39.4 Å². The Morgan fingerprint density at radius 2 is 1.42 bits per heavy atom. The molecule has 1 N–H and O–H groups in total. The van der Waals surface area contributed by atoms with Gasteiger partial charge in [0, 0.05) is 49.1 Å². The van der Waals surface area contributed by atoms with Crippen LogP contribution in [0.25, 0.3) is 22.2 Å². The molecule has 0 spiro atoms. The zero-order valence-corrected chi connectivity index (χ0v) is 36.5. The molecule has 336 valence electrons. The molecule has 1 aliphatic rings. The number of nitrogens with one attached hydrogen (secondary N) is 1. The molecule has 4 heterocycles. The molecule has 17 heteroatoms. The highest BCUT2D eigenvalue weighted by molar-refractivity contribution is 6.36. The van der Waals surface area contributed by atoms with Gasteiger partial charge < -0.3 is 34.1 Å². The molecule has 4 aromatic carbocycles. The van der Waals surface area contributed by atoms with Gasteiger partial charge in [-0.1, -0.05) is 48.0 Å². The minimum Gasteiger partial charge on any atom is -0.497 e. The Labute approximate surface area is 376 Å². The van der Waals surface area contributed by atoms with E-state index in [1.54, 1.807) is 38.4 Å². The molecular formula is C48H43ClF5N7O4. The van der Waals surface area contributed by atoms with E-state index in [4.69, 9.17) is 35.5 Å². The summed E-state index contributed by atoms with van der Waals surface area (Å²) in [5, 5.41) is 3.37. The lowest BCUT2D eigenvalue weighted by Crippen LogP contribution is -2.28. The number of aryl methyl sites for hydroxylation is 1. The number of alkyl halides is 5. The second-order valence-corrected chi connectivity index (χ2v) is 15.6. The third kappa shape index (κ3) is 9.63. The number of anilines is 3. The van der Waals surface area contributed by atoms with Crippen LogP contribution in [0.5, 0.6) is 23.0 Å². The lowest BCUT2D eigenvalue weighted by molar-refractivity contribution is -0.137. The molecule has 0 radical (unpaired) electrons. The van der Waals surface area contributed by atoms with Crippen molar-refractivity contribution in [3.63, 3.8) is 0 Å². The Hall–Kier alpha value is -6.94. The van der Waals surface area contributed by atoms with Crippen molar-refractivity contribution >= 4 is 40.0 Å². The molecule has 0 saturated heterocycles. The standard InChI is InChI=1S/C48H43ClF5N7O4/c1-28-21-39(61(24-30-7-13-33(63-3)14-8-30)25-31-9-15-34(64-4)16-10-31)59-43(41(28)48(52,53)54)36-22-38-40-44(42(36)49)65-20-19-60(47(40)58-27-57-38)26-37-35(45(50)51)17-18-55-46(37)56-23-29-5-11-32(62-2)12-6-29/h5-18,21-22,27,45H,19-20,23-26H2,1-4H3,(H,55,56). The van der Waals surface area contributed by atoms with E-state index in [2.05, 4.69) is 20.3 Å². The number of halogens is 6. The maximum atomic E-state index is 15.2. The van der Waals surface area contributed by atoms with E-state index in [1.807, 2.05) is 65.6 Å². The van der Waals surface area contributed by atoms with Gasteiger partial charge in [-0.05, 0) is 83.8 Å². The SMILES string of the molecule is COc1ccc(CNc2nccc(C(F)F)c2CN2CCOc3c(Cl)c(-c4nc(N(Cc5ccc(OC)cc5)Cc5ccc(OC)cc5)cc(C)c4C(F)(F)F)cc4ncnc2c34)cc1. The number of ether oxygens (including phenoxy) is 4. The Bertz CT molecular complexity index is 2750. The van der Waals surface area contributed by atoms with E-state index < -0.39 is 23.9 Å². The van der Waals surface area contributed by atoms with Crippen LogP contribution in [0.2, 0.25) is 5.02 Å². The summed E-state index contributed by atoms with van der Waals surface area (Å²) in [4.78, 5) is 21.9. The van der Waals surface area contributed by atoms with Crippen LogP contribution in [0.15, 0.2) is 104 Å². The molecule has 7 aromatic rings. The number of hydrogen-bond donors (Lipinski definition) is 1. The van der Waals surface area contributed by atoms with Gasteiger partial charge in [0.2, 0.25) is 0 Å². The molecule has 3 aromatic heterocycles. The van der Waals surface area contributed by atoms with Crippen LogP contribution in [0, 0.1) is 6.92 Å². The van der Waals surface area contributed by atoms with Gasteiger partial charge in [-0.25, -0.2) is 28.7 Å². The van der Waals surface area contributed by atoms with E-state index >= 15 is 13.2 Å². The van der Waals surface area contributed by atoms with Crippen molar-refractivity contribution < 1.29 is 40.9 Å². The van der Waals surface area contributed by atoms with Crippen molar-refractivity contribution in [2.75, 3.05) is 49.6 Å². The molecule has 0 aliphatic carbocycles. The van der Waals surface area contributed by atoms with E-state index in [-0.39, 0.29) is 89.5 Å². The van der Waals surface area contributed by atoms with Gasteiger partial charge in [-0.2, -0.15) is 13.2 Å². The van der Waals surface area contributed by atoms with Crippen LogP contribution in [-0.2, 0) is 32.4 Å². The van der Waals surface area contributed by atoms with Crippen molar-refractivity contribution in [1.29, 1.82) is 0 Å². The molecule has 1 aliphatic heterocycles. The minimum absolute atomic E-state index is 0.0242. The van der Waals surface area contributed by atoms with Gasteiger partial charge in [0.25, 0.3) is 6.43 Å². The number of nitrogens with zero attached hydrogens (tertiary/aromatic N) is 6. The number of aromatic nitrogens is 4. The molecule has 0 bridgehead atoms. The Balaban J connectivity index is 1.21. The van der Waals surface area contributed by atoms with Crippen LogP contribution >= 0.6 is 11.6 Å². The third-order valence-corrected chi connectivity index (χ3v) is 11.5. The lowest BCUT2D eigenvalue weighted by atomic mass is 9.98. The Morgan fingerprint density at radius 1 is 0.815 bits per heavy atom. The second kappa shape index (κ2) is 19.0. The van der Waals surface area contributed by atoms with Gasteiger partial charge >= 0.3 is 6.18 Å². The predicted octanol–water partition coefficient (Wildman–Crippen LogP) is 11.2. The van der Waals surface area contributed by atoms with Crippen molar-refractivity contribution in [1.82, 2.24) is 19.9 Å². The predicted molar refractivity (Wildman–Crippen MR) is 239 cm³/mol. The number of methoxy groups -OCH3 is 3. The average Bonchev–Trinajstić information content (AvgIpc) is 3.49. The van der Waals surface area contributed by atoms with E-state index in [1.165, 1.54) is 37.6 Å². The van der Waals surface area contributed by atoms with Gasteiger partial charge in [0.05, 0.1) is 55.1 Å². The van der Waals surface area contributed by atoms with Crippen LogP contribution in [0.3, 0.4) is 0 Å². The fourth-order valence-corrected chi connectivity index (χ4v) is 8.15. The van der Waals surface area contributed by atoms with Crippen molar-refractivity contribution in [2.24, 2.45) is 0 Å². The highest BCUT2D eigenvalue weighted by atomic mass is 35.5. The van der Waals surface area contributed by atoms with Crippen LogP contribution < -0.4 is 34.1 Å². The molecule has 0 saturated carbocycles. The number of pyridine rings is 2. The van der Waals surface area contributed by atoms with Gasteiger partial charge in [-0.15, -0.1) is 0 Å². The van der Waals surface area contributed by atoms with E-state index in [0.29, 0.717) is 28.5 Å². The van der Waals surface area contributed by atoms with Crippen molar-refractivity contribution in [3.8, 4) is 34.3 Å². The quantitative estimate of drug-likeness (QED) is 0.0994. The maximum absolute atomic E-state index is 15.2. The molecule has 65 heavy (non-hydrogen) atoms. The fourth-order valence-electron chi connectivity index (χ4n) is 7.86. The topological polar surface area (TPSA) is 107 Å². The lowest BCUT2D eigenvalue weighted by Gasteiger charge is -2.27. The maximum Gasteiger partial charge on any atom is 0.418 e. The second-order valence-electron chi connectivity index (χ2n) is 15.2. The van der Waals surface area contributed by atoms with E-state index in [0.717, 1.165) is 16.7 Å². The Kier molecular flexibility index (Phi) is 13.1. The highest BCUT2D eigenvalue weighted by Gasteiger charge is 2.39. The third-order valence-electron chi connectivity index (χ3n) is 11.1. The van der Waals surface area contributed by atoms with Crippen LogP contribution in [0.1, 0.15) is 45.4 Å². The van der Waals surface area contributed by atoms with Crippen LogP contribution in [-0.4, -0.2) is 54.4 Å². The number of benzene rings is 4. The molecule has 8 rings (SSSR count). The van der Waals surface area contributed by atoms with E-state index in [9.17, 15) is 8.78 Å². The van der Waals surface area contributed by atoms with Gasteiger partial charge in [0.15, 0.2) is 5.75 Å². The number of hydrogen-bond acceptors (Lipinski definition) is 11. The van der Waals surface area contributed by atoms with Gasteiger partial charge in [0.1, 0.15) is 47.6 Å². The van der Waals surface area contributed by atoms with Crippen molar-refractivity contribution in [2.45, 2.75) is 45.7 Å². The molecule has 0 atom stereocenters. The first-order chi connectivity index (χ1) is 31.3. The zero-order chi connectivity index (χ0) is 45.8. The highest BCUT2D eigenvalue weighted by Crippen LogP contribution is 2.49. The normalized spacial score (nSPS) is 12.5. The largest absolute Gasteiger partial charge is 0.497 e. The fraction of sp³-hybridized carbons (Fsp3) is 0.250. The summed E-state index contributed by atoms with van der Waals surface area (Å²) in [5.74, 6) is 2.83. The average molecular weight is 912 g/mol. The Morgan fingerprint density at radius 3 is 1.98 bits per heavy atom. The summed E-state index contributed by atoms with van der Waals surface area (Å²) in [7, 11) is 4.70. The summed E-state index contributed by atoms with van der Waals surface area (Å²) in [6.07, 6.45) is -5.08.